The predicted molar refractivity (Wildman–Crippen MR) is 115 cm³/mol. The van der Waals surface area contributed by atoms with E-state index in [1.54, 1.807) is 35.3 Å². The number of carbonyl (C=O) groups excluding carboxylic acids is 2. The third kappa shape index (κ3) is 4.61. The van der Waals surface area contributed by atoms with Crippen LogP contribution in [0, 0.1) is 13.8 Å². The lowest BCUT2D eigenvalue weighted by atomic mass is 10.2. The fourth-order valence-corrected chi connectivity index (χ4v) is 3.66. The maximum absolute atomic E-state index is 13.3. The van der Waals surface area contributed by atoms with E-state index in [0.717, 1.165) is 11.4 Å². The van der Waals surface area contributed by atoms with Crippen molar-refractivity contribution in [3.05, 3.63) is 71.8 Å². The molecule has 3 aromatic rings. The molecular formula is C22H25N7O2. The Morgan fingerprint density at radius 1 is 0.968 bits per heavy atom. The molecule has 0 saturated carbocycles. The molecule has 1 aromatic carbocycles. The molecule has 31 heavy (non-hydrogen) atoms. The molecule has 0 unspecified atom stereocenters. The summed E-state index contributed by atoms with van der Waals surface area (Å²) in [5, 5.41) is 7.79. The highest BCUT2D eigenvalue weighted by molar-refractivity contribution is 6.04. The molecule has 0 radical (unpaired) electrons. The van der Waals surface area contributed by atoms with E-state index in [2.05, 4.69) is 15.1 Å². The lowest BCUT2D eigenvalue weighted by Crippen LogP contribution is -2.57. The first kappa shape index (κ1) is 20.7. The van der Waals surface area contributed by atoms with E-state index in [9.17, 15) is 9.59 Å². The summed E-state index contributed by atoms with van der Waals surface area (Å²) >= 11 is 0. The van der Waals surface area contributed by atoms with Crippen molar-refractivity contribution in [3.8, 4) is 0 Å². The summed E-state index contributed by atoms with van der Waals surface area (Å²) in [5.74, 6) is 0.135. The number of rotatable bonds is 5. The second-order valence-corrected chi connectivity index (χ2v) is 7.45. The van der Waals surface area contributed by atoms with Gasteiger partial charge < -0.3 is 4.90 Å². The Hall–Kier alpha value is -3.59. The fraction of sp³-hybridized carbons (Fsp3) is 0.318. The second kappa shape index (κ2) is 9.05. The molecule has 0 atom stereocenters. The minimum Gasteiger partial charge on any atom is -0.338 e. The standard InChI is InChI=1S/C22H25N7O2/c1-17-15-18(2)28(25-17)16-20(30)26-11-13-27(14-12-26)29(22-23-9-6-10-24-22)21(31)19-7-4-3-5-8-19/h3-10,15H,11-14,16H2,1-2H3. The highest BCUT2D eigenvalue weighted by atomic mass is 16.2. The van der Waals surface area contributed by atoms with Crippen molar-refractivity contribution in [1.29, 1.82) is 0 Å². The number of aromatic nitrogens is 4. The van der Waals surface area contributed by atoms with Gasteiger partial charge in [0.05, 0.1) is 5.69 Å². The van der Waals surface area contributed by atoms with Crippen molar-refractivity contribution in [2.75, 3.05) is 31.2 Å². The minimum atomic E-state index is -0.200. The first-order valence-electron chi connectivity index (χ1n) is 10.2. The summed E-state index contributed by atoms with van der Waals surface area (Å²) in [6, 6.07) is 12.7. The average molecular weight is 419 g/mol. The normalized spacial score (nSPS) is 14.5. The van der Waals surface area contributed by atoms with E-state index in [1.165, 1.54) is 5.01 Å². The van der Waals surface area contributed by atoms with Gasteiger partial charge in [-0.2, -0.15) is 5.10 Å². The zero-order chi connectivity index (χ0) is 21.8. The van der Waals surface area contributed by atoms with Crippen LogP contribution in [0.1, 0.15) is 21.7 Å². The zero-order valence-corrected chi connectivity index (χ0v) is 17.7. The van der Waals surface area contributed by atoms with Gasteiger partial charge in [-0.3, -0.25) is 14.3 Å². The van der Waals surface area contributed by atoms with Crippen LogP contribution in [-0.4, -0.2) is 67.7 Å². The van der Waals surface area contributed by atoms with Gasteiger partial charge >= 0.3 is 0 Å². The molecular weight excluding hydrogens is 394 g/mol. The van der Waals surface area contributed by atoms with Gasteiger partial charge in [0.1, 0.15) is 6.54 Å². The van der Waals surface area contributed by atoms with Gasteiger partial charge in [-0.05, 0) is 38.1 Å². The number of benzene rings is 1. The highest BCUT2D eigenvalue weighted by Gasteiger charge is 2.31. The number of carbonyl (C=O) groups is 2. The van der Waals surface area contributed by atoms with Crippen molar-refractivity contribution in [2.45, 2.75) is 20.4 Å². The minimum absolute atomic E-state index is 0.0164. The fourth-order valence-electron chi connectivity index (χ4n) is 3.66. The van der Waals surface area contributed by atoms with E-state index in [1.807, 2.05) is 48.0 Å². The third-order valence-corrected chi connectivity index (χ3v) is 5.23. The summed E-state index contributed by atoms with van der Waals surface area (Å²) in [4.78, 5) is 36.4. The smallest absolute Gasteiger partial charge is 0.275 e. The molecule has 1 aliphatic rings. The van der Waals surface area contributed by atoms with Crippen LogP contribution in [-0.2, 0) is 11.3 Å². The Morgan fingerprint density at radius 2 is 1.65 bits per heavy atom. The van der Waals surface area contributed by atoms with E-state index >= 15 is 0 Å². The number of amides is 2. The Kier molecular flexibility index (Phi) is 6.03. The Morgan fingerprint density at radius 3 is 2.26 bits per heavy atom. The molecule has 3 heterocycles. The van der Waals surface area contributed by atoms with Crippen molar-refractivity contribution < 1.29 is 9.59 Å². The van der Waals surface area contributed by atoms with Crippen molar-refractivity contribution in [2.24, 2.45) is 0 Å². The van der Waals surface area contributed by atoms with E-state index in [4.69, 9.17) is 0 Å². The van der Waals surface area contributed by atoms with Gasteiger partial charge in [0.25, 0.3) is 5.91 Å². The molecule has 2 aromatic heterocycles. The molecule has 0 bridgehead atoms. The summed E-state index contributed by atoms with van der Waals surface area (Å²) in [6.07, 6.45) is 3.23. The van der Waals surface area contributed by atoms with Crippen LogP contribution in [0.5, 0.6) is 0 Å². The number of hydrogen-bond acceptors (Lipinski definition) is 6. The van der Waals surface area contributed by atoms with Gasteiger partial charge in [0, 0.05) is 49.8 Å². The number of anilines is 1. The largest absolute Gasteiger partial charge is 0.338 e. The first-order valence-corrected chi connectivity index (χ1v) is 10.2. The van der Waals surface area contributed by atoms with Crippen LogP contribution in [0.3, 0.4) is 0 Å². The molecule has 9 nitrogen and oxygen atoms in total. The predicted octanol–water partition coefficient (Wildman–Crippen LogP) is 1.70. The van der Waals surface area contributed by atoms with Crippen molar-refractivity contribution in [3.63, 3.8) is 0 Å². The molecule has 0 aliphatic carbocycles. The summed E-state index contributed by atoms with van der Waals surface area (Å²) < 4.78 is 1.73. The Bertz CT molecular complexity index is 1040. The SMILES string of the molecule is Cc1cc(C)n(CC(=O)N2CCN(N(C(=O)c3ccccc3)c3ncccn3)CC2)n1. The van der Waals surface area contributed by atoms with E-state index in [-0.39, 0.29) is 18.4 Å². The number of hydrogen-bond donors (Lipinski definition) is 0. The summed E-state index contributed by atoms with van der Waals surface area (Å²) in [5.41, 5.74) is 2.41. The topological polar surface area (TPSA) is 87.5 Å². The van der Waals surface area contributed by atoms with Gasteiger partial charge in [-0.15, -0.1) is 0 Å². The number of hydrazine groups is 1. The third-order valence-electron chi connectivity index (χ3n) is 5.23. The summed E-state index contributed by atoms with van der Waals surface area (Å²) in [6.45, 7) is 6.08. The van der Waals surface area contributed by atoms with Gasteiger partial charge in [-0.1, -0.05) is 18.2 Å². The van der Waals surface area contributed by atoms with Crippen molar-refractivity contribution in [1.82, 2.24) is 29.7 Å². The second-order valence-electron chi connectivity index (χ2n) is 7.45. The number of nitrogens with zero attached hydrogens (tertiary/aromatic N) is 7. The van der Waals surface area contributed by atoms with Gasteiger partial charge in [0.15, 0.2) is 0 Å². The molecule has 9 heteroatoms. The number of aryl methyl sites for hydroxylation is 2. The van der Waals surface area contributed by atoms with Crippen LogP contribution in [0.25, 0.3) is 0 Å². The lowest BCUT2D eigenvalue weighted by molar-refractivity contribution is -0.133. The molecule has 4 rings (SSSR count). The van der Waals surface area contributed by atoms with Gasteiger partial charge in [-0.25, -0.2) is 20.0 Å². The molecule has 1 saturated heterocycles. The molecule has 1 aliphatic heterocycles. The Labute approximate surface area is 180 Å². The van der Waals surface area contributed by atoms with Crippen LogP contribution >= 0.6 is 0 Å². The van der Waals surface area contributed by atoms with Crippen LogP contribution < -0.4 is 5.01 Å². The maximum atomic E-state index is 13.3. The molecule has 1 fully saturated rings. The van der Waals surface area contributed by atoms with E-state index < -0.39 is 0 Å². The van der Waals surface area contributed by atoms with Crippen LogP contribution in [0.2, 0.25) is 0 Å². The van der Waals surface area contributed by atoms with E-state index in [0.29, 0.717) is 37.7 Å². The molecule has 2 amide bonds. The number of piperazine rings is 1. The molecule has 0 N–H and O–H groups in total. The first-order chi connectivity index (χ1) is 15.0. The quantitative estimate of drug-likeness (QED) is 0.626. The van der Waals surface area contributed by atoms with Crippen molar-refractivity contribution >= 4 is 17.8 Å². The Balaban J connectivity index is 1.47. The lowest BCUT2D eigenvalue weighted by Gasteiger charge is -2.39. The highest BCUT2D eigenvalue weighted by Crippen LogP contribution is 2.17. The van der Waals surface area contributed by atoms with Gasteiger partial charge in [0.2, 0.25) is 11.9 Å². The zero-order valence-electron chi connectivity index (χ0n) is 17.7. The monoisotopic (exact) mass is 419 g/mol. The van der Waals surface area contributed by atoms with Crippen LogP contribution in [0.4, 0.5) is 5.95 Å². The molecule has 0 spiro atoms. The summed E-state index contributed by atoms with van der Waals surface area (Å²) in [7, 11) is 0. The molecule has 160 valence electrons. The maximum Gasteiger partial charge on any atom is 0.275 e. The van der Waals surface area contributed by atoms with Crippen LogP contribution in [0.15, 0.2) is 54.9 Å². The average Bonchev–Trinajstić information content (AvgIpc) is 3.12.